The van der Waals surface area contributed by atoms with Crippen LogP contribution in [-0.4, -0.2) is 9.78 Å². The van der Waals surface area contributed by atoms with Gasteiger partial charge in [-0.2, -0.15) is 0 Å². The van der Waals surface area contributed by atoms with Gasteiger partial charge >= 0.3 is 0 Å². The molecule has 4 nitrogen and oxygen atoms in total. The van der Waals surface area contributed by atoms with E-state index in [1.165, 1.54) is 16.8 Å². The van der Waals surface area contributed by atoms with Crippen molar-refractivity contribution in [3.05, 3.63) is 51.6 Å². The summed E-state index contributed by atoms with van der Waals surface area (Å²) in [5.41, 5.74) is 6.77. The van der Waals surface area contributed by atoms with Gasteiger partial charge in [-0.25, -0.2) is 9.07 Å². The van der Waals surface area contributed by atoms with Crippen molar-refractivity contribution in [1.29, 1.82) is 0 Å². The fraction of sp³-hybridized carbons (Fsp3) is 0.182. The molecular formula is C11H12FN3O. The highest BCUT2D eigenvalue weighted by Crippen LogP contribution is 2.06. The van der Waals surface area contributed by atoms with E-state index >= 15 is 0 Å². The Hall–Kier alpha value is -2.04. The molecule has 0 aliphatic carbocycles. The average molecular weight is 221 g/mol. The van der Waals surface area contributed by atoms with E-state index in [4.69, 9.17) is 5.73 Å². The van der Waals surface area contributed by atoms with Gasteiger partial charge in [-0.15, -0.1) is 0 Å². The average Bonchev–Trinajstić information content (AvgIpc) is 2.50. The van der Waals surface area contributed by atoms with Crippen molar-refractivity contribution in [3.63, 3.8) is 0 Å². The number of anilines is 1. The van der Waals surface area contributed by atoms with Gasteiger partial charge in [0.25, 0.3) is 5.56 Å². The predicted molar refractivity (Wildman–Crippen MR) is 59.7 cm³/mol. The monoisotopic (exact) mass is 221 g/mol. The molecule has 0 bridgehead atoms. The lowest BCUT2D eigenvalue weighted by Gasteiger charge is -2.01. The molecule has 5 heteroatoms. The number of benzene rings is 1. The number of aromatic amines is 1. The molecule has 0 amide bonds. The summed E-state index contributed by atoms with van der Waals surface area (Å²) in [4.78, 5) is 11.6. The molecule has 1 aromatic heterocycles. The van der Waals surface area contributed by atoms with Crippen LogP contribution in [0.15, 0.2) is 29.1 Å². The molecule has 0 radical (unpaired) electrons. The van der Waals surface area contributed by atoms with Crippen LogP contribution in [0.4, 0.5) is 10.2 Å². The zero-order valence-corrected chi connectivity index (χ0v) is 8.83. The standard InChI is InChI=1S/C11H12FN3O/c1-7-10(13)14-15(11(7)16)6-8-2-4-9(12)5-3-8/h2-5,14H,6,13H2,1H3. The molecule has 0 saturated heterocycles. The fourth-order valence-corrected chi connectivity index (χ4v) is 1.48. The first kappa shape index (κ1) is 10.5. The third kappa shape index (κ3) is 1.84. The van der Waals surface area contributed by atoms with E-state index in [2.05, 4.69) is 5.10 Å². The minimum absolute atomic E-state index is 0.151. The predicted octanol–water partition coefficient (Wildman–Crippen LogP) is 1.25. The molecule has 1 heterocycles. The molecule has 0 atom stereocenters. The number of nitrogens with two attached hydrogens (primary N) is 1. The highest BCUT2D eigenvalue weighted by molar-refractivity contribution is 5.36. The van der Waals surface area contributed by atoms with Crippen LogP contribution in [0, 0.1) is 12.7 Å². The largest absolute Gasteiger partial charge is 0.384 e. The third-order valence-electron chi connectivity index (χ3n) is 2.48. The molecule has 0 fully saturated rings. The summed E-state index contributed by atoms with van der Waals surface area (Å²) in [6.07, 6.45) is 0. The molecule has 0 spiro atoms. The SMILES string of the molecule is Cc1c(N)[nH]n(Cc2ccc(F)cc2)c1=O. The van der Waals surface area contributed by atoms with Crippen LogP contribution >= 0.6 is 0 Å². The van der Waals surface area contributed by atoms with E-state index in [1.807, 2.05) is 0 Å². The zero-order valence-electron chi connectivity index (χ0n) is 8.83. The van der Waals surface area contributed by atoms with Gasteiger partial charge in [-0.3, -0.25) is 9.89 Å². The Labute approximate surface area is 91.5 Å². The van der Waals surface area contributed by atoms with E-state index < -0.39 is 0 Å². The van der Waals surface area contributed by atoms with E-state index in [9.17, 15) is 9.18 Å². The number of nitrogens with zero attached hydrogens (tertiary/aromatic N) is 1. The lowest BCUT2D eigenvalue weighted by Crippen LogP contribution is -2.18. The Morgan fingerprint density at radius 2 is 2.00 bits per heavy atom. The summed E-state index contributed by atoms with van der Waals surface area (Å²) in [7, 11) is 0. The second-order valence-corrected chi connectivity index (χ2v) is 3.67. The summed E-state index contributed by atoms with van der Waals surface area (Å²) < 4.78 is 14.1. The maximum atomic E-state index is 12.7. The van der Waals surface area contributed by atoms with Crippen molar-refractivity contribution in [2.24, 2.45) is 0 Å². The maximum absolute atomic E-state index is 12.7. The van der Waals surface area contributed by atoms with Crippen LogP contribution in [0.2, 0.25) is 0 Å². The lowest BCUT2D eigenvalue weighted by atomic mass is 10.2. The van der Waals surface area contributed by atoms with Crippen LogP contribution in [-0.2, 0) is 6.54 Å². The highest BCUT2D eigenvalue weighted by Gasteiger charge is 2.07. The number of rotatable bonds is 2. The first-order chi connectivity index (χ1) is 7.58. The first-order valence-electron chi connectivity index (χ1n) is 4.87. The highest BCUT2D eigenvalue weighted by atomic mass is 19.1. The number of hydrogen-bond acceptors (Lipinski definition) is 2. The van der Waals surface area contributed by atoms with Gasteiger partial charge < -0.3 is 5.73 Å². The van der Waals surface area contributed by atoms with Crippen molar-refractivity contribution in [2.75, 3.05) is 5.73 Å². The number of aromatic nitrogens is 2. The molecular weight excluding hydrogens is 209 g/mol. The summed E-state index contributed by atoms with van der Waals surface area (Å²) in [6, 6.07) is 5.99. The number of halogens is 1. The number of nitrogens with one attached hydrogen (secondary N) is 1. The van der Waals surface area contributed by atoms with Crippen LogP contribution in [0.5, 0.6) is 0 Å². The van der Waals surface area contributed by atoms with Gasteiger partial charge in [-0.05, 0) is 24.6 Å². The Bertz CT molecular complexity index is 554. The van der Waals surface area contributed by atoms with E-state index in [0.717, 1.165) is 5.56 Å². The minimum Gasteiger partial charge on any atom is -0.384 e. The number of nitrogen functional groups attached to an aromatic ring is 1. The topological polar surface area (TPSA) is 63.8 Å². The van der Waals surface area contributed by atoms with Gasteiger partial charge in [0.1, 0.15) is 11.6 Å². The van der Waals surface area contributed by atoms with Crippen molar-refractivity contribution < 1.29 is 4.39 Å². The van der Waals surface area contributed by atoms with Crippen LogP contribution in [0.1, 0.15) is 11.1 Å². The summed E-state index contributed by atoms with van der Waals surface area (Å²) in [6.45, 7) is 2.02. The van der Waals surface area contributed by atoms with E-state index in [-0.39, 0.29) is 11.4 Å². The zero-order chi connectivity index (χ0) is 11.7. The van der Waals surface area contributed by atoms with E-state index in [1.54, 1.807) is 19.1 Å². The normalized spacial score (nSPS) is 10.6. The Morgan fingerprint density at radius 3 is 2.50 bits per heavy atom. The molecule has 0 unspecified atom stereocenters. The molecule has 3 N–H and O–H groups in total. The molecule has 0 aliphatic heterocycles. The summed E-state index contributed by atoms with van der Waals surface area (Å²) >= 11 is 0. The fourth-order valence-electron chi connectivity index (χ4n) is 1.48. The number of H-pyrrole nitrogens is 1. The molecule has 1 aromatic carbocycles. The lowest BCUT2D eigenvalue weighted by molar-refractivity contribution is 0.623. The quantitative estimate of drug-likeness (QED) is 0.801. The van der Waals surface area contributed by atoms with Crippen LogP contribution < -0.4 is 11.3 Å². The minimum atomic E-state index is -0.293. The van der Waals surface area contributed by atoms with Crippen molar-refractivity contribution >= 4 is 5.82 Å². The van der Waals surface area contributed by atoms with Crippen molar-refractivity contribution in [2.45, 2.75) is 13.5 Å². The van der Waals surface area contributed by atoms with Crippen molar-refractivity contribution in [3.8, 4) is 0 Å². The molecule has 84 valence electrons. The smallest absolute Gasteiger partial charge is 0.271 e. The Balaban J connectivity index is 2.30. The second-order valence-electron chi connectivity index (χ2n) is 3.67. The molecule has 0 saturated carbocycles. The first-order valence-corrected chi connectivity index (χ1v) is 4.87. The molecule has 2 aromatic rings. The van der Waals surface area contributed by atoms with Gasteiger partial charge in [-0.1, -0.05) is 12.1 Å². The number of hydrogen-bond donors (Lipinski definition) is 2. The van der Waals surface area contributed by atoms with Gasteiger partial charge in [0, 0.05) is 0 Å². The maximum Gasteiger partial charge on any atom is 0.271 e. The Kier molecular flexibility index (Phi) is 2.52. The van der Waals surface area contributed by atoms with E-state index in [0.29, 0.717) is 17.9 Å². The third-order valence-corrected chi connectivity index (χ3v) is 2.48. The molecule has 16 heavy (non-hydrogen) atoms. The van der Waals surface area contributed by atoms with Gasteiger partial charge in [0.2, 0.25) is 0 Å². The van der Waals surface area contributed by atoms with Gasteiger partial charge in [0.15, 0.2) is 0 Å². The second kappa shape index (κ2) is 3.84. The van der Waals surface area contributed by atoms with Crippen LogP contribution in [0.25, 0.3) is 0 Å². The van der Waals surface area contributed by atoms with Gasteiger partial charge in [0.05, 0.1) is 12.1 Å². The molecule has 0 aliphatic rings. The molecule has 2 rings (SSSR count). The Morgan fingerprint density at radius 1 is 1.38 bits per heavy atom. The van der Waals surface area contributed by atoms with Crippen LogP contribution in [0.3, 0.4) is 0 Å². The summed E-state index contributed by atoms with van der Waals surface area (Å²) in [5.74, 6) is 0.0744. The summed E-state index contributed by atoms with van der Waals surface area (Å²) in [5, 5.41) is 2.76. The van der Waals surface area contributed by atoms with Crippen molar-refractivity contribution in [1.82, 2.24) is 9.78 Å².